The third-order valence-corrected chi connectivity index (χ3v) is 7.59. The summed E-state index contributed by atoms with van der Waals surface area (Å²) in [5.74, 6) is -0.0759. The van der Waals surface area contributed by atoms with Crippen LogP contribution in [0.2, 0.25) is 5.02 Å². The summed E-state index contributed by atoms with van der Waals surface area (Å²) < 4.78 is 1.25. The normalized spacial score (nSPS) is 16.1. The van der Waals surface area contributed by atoms with Crippen molar-refractivity contribution in [3.05, 3.63) is 86.4 Å². The molecule has 2 aromatic heterocycles. The van der Waals surface area contributed by atoms with Crippen LogP contribution in [0, 0.1) is 5.92 Å². The number of carboxylic acids is 1. The fourth-order valence-corrected chi connectivity index (χ4v) is 5.36. The van der Waals surface area contributed by atoms with Gasteiger partial charge >= 0.3 is 5.97 Å². The molecule has 5 rings (SSSR count). The smallest absolute Gasteiger partial charge is 0.325 e. The van der Waals surface area contributed by atoms with Gasteiger partial charge in [-0.25, -0.2) is 0 Å². The van der Waals surface area contributed by atoms with Crippen LogP contribution in [0.25, 0.3) is 5.57 Å². The van der Waals surface area contributed by atoms with Gasteiger partial charge < -0.3 is 15.4 Å². The number of carboxylic acid groups (broad SMARTS) is 1. The second-order valence-electron chi connectivity index (χ2n) is 10.2. The number of anilines is 1. The minimum absolute atomic E-state index is 0.0103. The summed E-state index contributed by atoms with van der Waals surface area (Å²) in [6.07, 6.45) is 11.3. The molecule has 2 saturated carbocycles. The van der Waals surface area contributed by atoms with Crippen molar-refractivity contribution < 1.29 is 14.7 Å². The predicted molar refractivity (Wildman–Crippen MR) is 146 cm³/mol. The molecule has 2 aliphatic rings. The van der Waals surface area contributed by atoms with Gasteiger partial charge in [0.1, 0.15) is 6.54 Å². The fourth-order valence-electron chi connectivity index (χ4n) is 5.09. The number of H-pyrrole nitrogens is 1. The van der Waals surface area contributed by atoms with Crippen molar-refractivity contribution in [3.8, 4) is 0 Å². The number of aliphatic carboxylic acids is 1. The first-order valence-electron chi connectivity index (χ1n) is 13.1. The number of benzene rings is 1. The lowest BCUT2D eigenvalue weighted by molar-refractivity contribution is -0.137. The number of aryl methyl sites for hydroxylation is 1. The topological polar surface area (TPSA) is 117 Å². The molecular formula is C29H31ClN4O4. The van der Waals surface area contributed by atoms with Gasteiger partial charge in [0.2, 0.25) is 5.91 Å². The van der Waals surface area contributed by atoms with Crippen LogP contribution in [-0.2, 0) is 22.6 Å². The van der Waals surface area contributed by atoms with Crippen molar-refractivity contribution in [2.24, 2.45) is 5.92 Å². The lowest BCUT2D eigenvalue weighted by Gasteiger charge is -2.14. The molecule has 9 heteroatoms. The highest BCUT2D eigenvalue weighted by molar-refractivity contribution is 6.31. The van der Waals surface area contributed by atoms with E-state index in [9.17, 15) is 14.4 Å². The van der Waals surface area contributed by atoms with E-state index in [1.807, 2.05) is 30.3 Å². The van der Waals surface area contributed by atoms with E-state index >= 15 is 0 Å². The highest BCUT2D eigenvalue weighted by Crippen LogP contribution is 2.39. The van der Waals surface area contributed by atoms with Gasteiger partial charge in [-0.2, -0.15) is 5.10 Å². The van der Waals surface area contributed by atoms with Gasteiger partial charge in [0.05, 0.1) is 0 Å². The Kier molecular flexibility index (Phi) is 7.79. The van der Waals surface area contributed by atoms with Gasteiger partial charge in [-0.3, -0.25) is 19.1 Å². The molecule has 198 valence electrons. The SMILES string of the molecule is O=C(O)Cn1ccc(NC(=O)CCc2ccc(/C(=C\C3CCCC3)c3ccc(C4CC4)c(=O)[nH]3)cc2Cl)n1. The number of hydrogen-bond donors (Lipinski definition) is 3. The lowest BCUT2D eigenvalue weighted by atomic mass is 9.94. The highest BCUT2D eigenvalue weighted by Gasteiger charge is 2.26. The van der Waals surface area contributed by atoms with E-state index in [1.54, 1.807) is 6.07 Å². The maximum absolute atomic E-state index is 12.8. The summed E-state index contributed by atoms with van der Waals surface area (Å²) in [5.41, 5.74) is 4.43. The summed E-state index contributed by atoms with van der Waals surface area (Å²) in [7, 11) is 0. The number of aromatic nitrogens is 3. The number of nitrogens with zero attached hydrogens (tertiary/aromatic N) is 2. The Hall–Kier alpha value is -3.65. The van der Waals surface area contributed by atoms with Crippen molar-refractivity contribution in [2.75, 3.05) is 5.32 Å². The Morgan fingerprint density at radius 2 is 1.92 bits per heavy atom. The molecule has 0 atom stereocenters. The van der Waals surface area contributed by atoms with Crippen molar-refractivity contribution in [2.45, 2.75) is 63.8 Å². The zero-order valence-corrected chi connectivity index (χ0v) is 21.8. The van der Waals surface area contributed by atoms with Gasteiger partial charge in [0.25, 0.3) is 5.56 Å². The number of hydrogen-bond acceptors (Lipinski definition) is 4. The molecule has 8 nitrogen and oxygen atoms in total. The lowest BCUT2D eigenvalue weighted by Crippen LogP contribution is -2.14. The van der Waals surface area contributed by atoms with E-state index in [-0.39, 0.29) is 24.4 Å². The van der Waals surface area contributed by atoms with Gasteiger partial charge in [-0.05, 0) is 67.2 Å². The molecule has 3 aromatic rings. The van der Waals surface area contributed by atoms with Crippen LogP contribution in [0.1, 0.15) is 73.2 Å². The Labute approximate surface area is 225 Å². The molecule has 0 aliphatic heterocycles. The molecule has 0 saturated heterocycles. The van der Waals surface area contributed by atoms with E-state index in [0.29, 0.717) is 29.1 Å². The number of pyridine rings is 1. The first-order valence-corrected chi connectivity index (χ1v) is 13.5. The monoisotopic (exact) mass is 534 g/mol. The summed E-state index contributed by atoms with van der Waals surface area (Å²) in [6, 6.07) is 11.4. The van der Waals surface area contributed by atoms with Crippen LogP contribution in [0.4, 0.5) is 5.82 Å². The van der Waals surface area contributed by atoms with E-state index in [4.69, 9.17) is 16.7 Å². The van der Waals surface area contributed by atoms with E-state index in [1.165, 1.54) is 23.7 Å². The molecule has 1 aromatic carbocycles. The zero-order valence-electron chi connectivity index (χ0n) is 21.1. The van der Waals surface area contributed by atoms with Crippen LogP contribution in [0.3, 0.4) is 0 Å². The van der Waals surface area contributed by atoms with Crippen LogP contribution < -0.4 is 10.9 Å². The first kappa shape index (κ1) is 26.0. The number of allylic oxidation sites excluding steroid dienone is 1. The number of carbonyl (C=O) groups excluding carboxylic acids is 1. The fraction of sp³-hybridized carbons (Fsp3) is 0.379. The predicted octanol–water partition coefficient (Wildman–Crippen LogP) is 5.38. The number of rotatable bonds is 10. The van der Waals surface area contributed by atoms with E-state index in [0.717, 1.165) is 53.6 Å². The second-order valence-corrected chi connectivity index (χ2v) is 10.6. The van der Waals surface area contributed by atoms with Gasteiger partial charge in [-0.15, -0.1) is 0 Å². The summed E-state index contributed by atoms with van der Waals surface area (Å²) in [5, 5.41) is 16.1. The molecule has 2 fully saturated rings. The quantitative estimate of drug-likeness (QED) is 0.323. The van der Waals surface area contributed by atoms with Gasteiger partial charge in [0.15, 0.2) is 5.82 Å². The molecule has 0 radical (unpaired) electrons. The molecule has 38 heavy (non-hydrogen) atoms. The summed E-state index contributed by atoms with van der Waals surface area (Å²) >= 11 is 6.68. The minimum atomic E-state index is -1.01. The summed E-state index contributed by atoms with van der Waals surface area (Å²) in [4.78, 5) is 39.1. The minimum Gasteiger partial charge on any atom is -0.480 e. The van der Waals surface area contributed by atoms with Gasteiger partial charge in [0, 0.05) is 40.5 Å². The van der Waals surface area contributed by atoms with Crippen molar-refractivity contribution in [1.82, 2.24) is 14.8 Å². The van der Waals surface area contributed by atoms with Crippen LogP contribution in [-0.4, -0.2) is 31.7 Å². The molecule has 2 aliphatic carbocycles. The first-order chi connectivity index (χ1) is 18.4. The number of carbonyl (C=O) groups is 2. The molecule has 3 N–H and O–H groups in total. The largest absolute Gasteiger partial charge is 0.480 e. The third-order valence-electron chi connectivity index (χ3n) is 7.24. The van der Waals surface area contributed by atoms with Crippen molar-refractivity contribution in [3.63, 3.8) is 0 Å². The Bertz CT molecular complexity index is 1430. The summed E-state index contributed by atoms with van der Waals surface area (Å²) in [6.45, 7) is -0.270. The molecule has 0 spiro atoms. The van der Waals surface area contributed by atoms with Crippen LogP contribution >= 0.6 is 11.6 Å². The number of halogens is 1. The average molecular weight is 535 g/mol. The van der Waals surface area contributed by atoms with E-state index < -0.39 is 5.97 Å². The third kappa shape index (κ3) is 6.42. The molecule has 0 unspecified atom stereocenters. The standard InChI is InChI=1S/C29H31ClN4O4/c30-24-16-21(8-7-20(24)9-12-27(35)32-26-13-14-34(33-26)17-28(36)37)23(15-18-3-1-2-4-18)25-11-10-22(19-5-6-19)29(38)31-25/h7-8,10-11,13-16,18-19H,1-6,9,12,17H2,(H,31,38)(H,36,37)(H,32,33,35)/b23-15+. The van der Waals surface area contributed by atoms with Gasteiger partial charge in [-0.1, -0.05) is 48.7 Å². The second kappa shape index (κ2) is 11.4. The Morgan fingerprint density at radius 3 is 2.61 bits per heavy atom. The number of amides is 1. The maximum Gasteiger partial charge on any atom is 0.325 e. The van der Waals surface area contributed by atoms with E-state index in [2.05, 4.69) is 21.5 Å². The Balaban J connectivity index is 1.30. The average Bonchev–Trinajstić information content (AvgIpc) is 3.41. The number of nitrogens with one attached hydrogen (secondary N) is 2. The van der Waals surface area contributed by atoms with Crippen LogP contribution in [0.5, 0.6) is 0 Å². The highest BCUT2D eigenvalue weighted by atomic mass is 35.5. The molecule has 2 heterocycles. The molecule has 1 amide bonds. The molecular weight excluding hydrogens is 504 g/mol. The van der Waals surface area contributed by atoms with Crippen molar-refractivity contribution in [1.29, 1.82) is 0 Å². The van der Waals surface area contributed by atoms with Crippen LogP contribution in [0.15, 0.2) is 53.5 Å². The Morgan fingerprint density at radius 1 is 1.13 bits per heavy atom. The van der Waals surface area contributed by atoms with Crippen molar-refractivity contribution >= 4 is 34.9 Å². The zero-order chi connectivity index (χ0) is 26.6. The molecule has 0 bridgehead atoms. The number of aromatic amines is 1. The maximum atomic E-state index is 12.8.